The molecule has 0 spiro atoms. The first-order valence-corrected chi connectivity index (χ1v) is 6.75. The molecule has 3 unspecified atom stereocenters. The van der Waals surface area contributed by atoms with Gasteiger partial charge in [0, 0.05) is 11.5 Å². The molecule has 0 aromatic carbocycles. The van der Waals surface area contributed by atoms with Gasteiger partial charge in [-0.1, -0.05) is 5.11 Å². The van der Waals surface area contributed by atoms with Crippen molar-refractivity contribution in [3.8, 4) is 0 Å². The molecule has 1 rings (SSSR count). The average molecular weight is 270 g/mol. The molecule has 19 heavy (non-hydrogen) atoms. The maximum absolute atomic E-state index is 11.9. The molecule has 0 amide bonds. The molecule has 108 valence electrons. The van der Waals surface area contributed by atoms with Crippen molar-refractivity contribution in [2.75, 3.05) is 19.7 Å². The zero-order valence-electron chi connectivity index (χ0n) is 11.5. The number of rotatable bonds is 8. The van der Waals surface area contributed by atoms with E-state index in [1.54, 1.807) is 6.92 Å². The van der Waals surface area contributed by atoms with Crippen LogP contribution < -0.4 is 5.32 Å². The minimum Gasteiger partial charge on any atom is -0.465 e. The second kappa shape index (κ2) is 8.74. The van der Waals surface area contributed by atoms with E-state index in [4.69, 9.17) is 15.0 Å². The zero-order chi connectivity index (χ0) is 14.1. The summed E-state index contributed by atoms with van der Waals surface area (Å²) in [7, 11) is 0. The average Bonchev–Trinajstić information content (AvgIpc) is 2.80. The molecule has 7 heteroatoms. The third kappa shape index (κ3) is 5.46. The van der Waals surface area contributed by atoms with Crippen LogP contribution >= 0.6 is 0 Å². The summed E-state index contributed by atoms with van der Waals surface area (Å²) in [4.78, 5) is 14.6. The molecular weight excluding hydrogens is 248 g/mol. The lowest BCUT2D eigenvalue weighted by atomic mass is 10.1. The summed E-state index contributed by atoms with van der Waals surface area (Å²) >= 11 is 0. The Morgan fingerprint density at radius 2 is 2.42 bits per heavy atom. The number of carbonyl (C=O) groups excluding carboxylic acids is 1. The van der Waals surface area contributed by atoms with Crippen molar-refractivity contribution in [2.24, 2.45) is 5.11 Å². The van der Waals surface area contributed by atoms with Crippen molar-refractivity contribution >= 4 is 5.97 Å². The van der Waals surface area contributed by atoms with Crippen LogP contribution in [0.4, 0.5) is 0 Å². The van der Waals surface area contributed by atoms with E-state index in [9.17, 15) is 4.79 Å². The number of nitrogens with one attached hydrogen (secondary N) is 1. The first-order valence-electron chi connectivity index (χ1n) is 6.75. The van der Waals surface area contributed by atoms with Gasteiger partial charge in [0.05, 0.1) is 18.8 Å². The van der Waals surface area contributed by atoms with Crippen LogP contribution in [0.15, 0.2) is 5.11 Å². The highest BCUT2D eigenvalue weighted by Crippen LogP contribution is 2.22. The lowest BCUT2D eigenvalue weighted by molar-refractivity contribution is -0.149. The number of hydrogen-bond donors (Lipinski definition) is 1. The second-order valence-electron chi connectivity index (χ2n) is 4.55. The standard InChI is InChI=1S/C12H22N4O3/c1-3-18-12(17)11(10-6-5-9(2)19-10)14-7-4-8-15-16-13/h9-11,14H,3-8H2,1-2H3. The van der Waals surface area contributed by atoms with Gasteiger partial charge in [0.15, 0.2) is 0 Å². The van der Waals surface area contributed by atoms with Gasteiger partial charge in [0.25, 0.3) is 0 Å². The summed E-state index contributed by atoms with van der Waals surface area (Å²) in [5.74, 6) is -0.273. The van der Waals surface area contributed by atoms with Crippen molar-refractivity contribution in [3.63, 3.8) is 0 Å². The van der Waals surface area contributed by atoms with E-state index in [1.807, 2.05) is 6.92 Å². The molecule has 3 atom stereocenters. The Balaban J connectivity index is 2.44. The van der Waals surface area contributed by atoms with Gasteiger partial charge in [0.1, 0.15) is 6.04 Å². The van der Waals surface area contributed by atoms with Crippen molar-refractivity contribution in [3.05, 3.63) is 10.4 Å². The fraction of sp³-hybridized carbons (Fsp3) is 0.917. The molecule has 0 radical (unpaired) electrons. The van der Waals surface area contributed by atoms with Gasteiger partial charge < -0.3 is 14.8 Å². The smallest absolute Gasteiger partial charge is 0.325 e. The third-order valence-corrected chi connectivity index (χ3v) is 3.04. The lowest BCUT2D eigenvalue weighted by Gasteiger charge is -2.23. The number of nitrogens with zero attached hydrogens (tertiary/aromatic N) is 3. The Kier molecular flexibility index (Phi) is 7.25. The molecule has 0 aromatic heterocycles. The monoisotopic (exact) mass is 270 g/mol. The molecule has 1 aliphatic heterocycles. The largest absolute Gasteiger partial charge is 0.465 e. The van der Waals surface area contributed by atoms with Gasteiger partial charge in [-0.25, -0.2) is 0 Å². The van der Waals surface area contributed by atoms with Gasteiger partial charge >= 0.3 is 5.97 Å². The maximum atomic E-state index is 11.9. The molecule has 1 saturated heterocycles. The third-order valence-electron chi connectivity index (χ3n) is 3.04. The quantitative estimate of drug-likeness (QED) is 0.239. The van der Waals surface area contributed by atoms with Gasteiger partial charge in [-0.15, -0.1) is 0 Å². The molecule has 1 aliphatic rings. The number of ether oxygens (including phenoxy) is 2. The Bertz CT molecular complexity index is 331. The topological polar surface area (TPSA) is 96.3 Å². The zero-order valence-corrected chi connectivity index (χ0v) is 11.5. The molecule has 1 fully saturated rings. The lowest BCUT2D eigenvalue weighted by Crippen LogP contribution is -2.47. The molecule has 1 heterocycles. The van der Waals surface area contributed by atoms with E-state index in [-0.39, 0.29) is 18.2 Å². The van der Waals surface area contributed by atoms with E-state index in [0.29, 0.717) is 26.1 Å². The fourth-order valence-electron chi connectivity index (χ4n) is 2.13. The maximum Gasteiger partial charge on any atom is 0.325 e. The highest BCUT2D eigenvalue weighted by atomic mass is 16.5. The van der Waals surface area contributed by atoms with Crippen LogP contribution in [0.25, 0.3) is 10.4 Å². The molecule has 0 aromatic rings. The van der Waals surface area contributed by atoms with Gasteiger partial charge in [0.2, 0.25) is 0 Å². The number of esters is 1. The SMILES string of the molecule is CCOC(=O)C(NCCCN=[N+]=[N-])C1CCC(C)O1. The minimum atomic E-state index is -0.434. The summed E-state index contributed by atoms with van der Waals surface area (Å²) < 4.78 is 10.8. The summed E-state index contributed by atoms with van der Waals surface area (Å²) in [6.07, 6.45) is 2.55. The minimum absolute atomic E-state index is 0.131. The summed E-state index contributed by atoms with van der Waals surface area (Å²) in [6, 6.07) is -0.434. The summed E-state index contributed by atoms with van der Waals surface area (Å²) in [6.45, 7) is 5.16. The van der Waals surface area contributed by atoms with Crippen LogP contribution in [0.3, 0.4) is 0 Å². The van der Waals surface area contributed by atoms with Crippen LogP contribution in [-0.4, -0.2) is 43.9 Å². The van der Waals surface area contributed by atoms with Gasteiger partial charge in [-0.3, -0.25) is 4.79 Å². The summed E-state index contributed by atoms with van der Waals surface area (Å²) in [5, 5.41) is 6.60. The Hall–Kier alpha value is -1.30. The van der Waals surface area contributed by atoms with E-state index in [2.05, 4.69) is 15.3 Å². The molecule has 7 nitrogen and oxygen atoms in total. The van der Waals surface area contributed by atoms with Gasteiger partial charge in [-0.05, 0) is 45.2 Å². The Labute approximate surface area is 113 Å². The van der Waals surface area contributed by atoms with Crippen LogP contribution in [0.1, 0.15) is 33.1 Å². The van der Waals surface area contributed by atoms with E-state index >= 15 is 0 Å². The van der Waals surface area contributed by atoms with Crippen molar-refractivity contribution in [1.29, 1.82) is 0 Å². The van der Waals surface area contributed by atoms with E-state index in [1.165, 1.54) is 0 Å². The van der Waals surface area contributed by atoms with E-state index in [0.717, 1.165) is 12.8 Å². The highest BCUT2D eigenvalue weighted by Gasteiger charge is 2.34. The van der Waals surface area contributed by atoms with Crippen LogP contribution in [-0.2, 0) is 14.3 Å². The van der Waals surface area contributed by atoms with Crippen LogP contribution in [0, 0.1) is 0 Å². The molecule has 0 aliphatic carbocycles. The molecule has 1 N–H and O–H groups in total. The predicted molar refractivity (Wildman–Crippen MR) is 70.6 cm³/mol. The normalized spacial score (nSPS) is 23.7. The number of carbonyl (C=O) groups is 1. The van der Waals surface area contributed by atoms with Crippen molar-refractivity contribution in [2.45, 2.75) is 51.4 Å². The van der Waals surface area contributed by atoms with Gasteiger partial charge in [-0.2, -0.15) is 0 Å². The Morgan fingerprint density at radius 3 is 3.00 bits per heavy atom. The number of azide groups is 1. The van der Waals surface area contributed by atoms with Crippen molar-refractivity contribution in [1.82, 2.24) is 5.32 Å². The van der Waals surface area contributed by atoms with Crippen LogP contribution in [0.2, 0.25) is 0 Å². The first kappa shape index (κ1) is 15.8. The second-order valence-corrected chi connectivity index (χ2v) is 4.55. The fourth-order valence-corrected chi connectivity index (χ4v) is 2.13. The Morgan fingerprint density at radius 1 is 1.63 bits per heavy atom. The number of hydrogen-bond acceptors (Lipinski definition) is 5. The first-order chi connectivity index (χ1) is 9.19. The predicted octanol–water partition coefficient (Wildman–Crippen LogP) is 1.78. The molecule has 0 saturated carbocycles. The molecular formula is C12H22N4O3. The van der Waals surface area contributed by atoms with Crippen LogP contribution in [0.5, 0.6) is 0 Å². The summed E-state index contributed by atoms with van der Waals surface area (Å²) in [5.41, 5.74) is 8.18. The molecule has 0 bridgehead atoms. The van der Waals surface area contributed by atoms with E-state index < -0.39 is 6.04 Å². The van der Waals surface area contributed by atoms with Crippen molar-refractivity contribution < 1.29 is 14.3 Å². The highest BCUT2D eigenvalue weighted by molar-refractivity contribution is 5.76.